The van der Waals surface area contributed by atoms with Crippen LogP contribution in [0.3, 0.4) is 0 Å². The van der Waals surface area contributed by atoms with Crippen LogP contribution in [0.2, 0.25) is 0 Å². The van der Waals surface area contributed by atoms with Crippen molar-refractivity contribution in [2.24, 2.45) is 0 Å². The number of anilines is 1. The standard InChI is InChI=1S/C16H16N2O2S2/c1-11-4-7-16(12(2)8-11)18-22(19,20)15(10-17)9-14-6-5-13(3)21-14/h4-9,18H,1-3H3. The molecule has 0 saturated carbocycles. The van der Waals surface area contributed by atoms with Crippen molar-refractivity contribution in [3.63, 3.8) is 0 Å². The van der Waals surface area contributed by atoms with E-state index < -0.39 is 10.0 Å². The zero-order valence-corrected chi connectivity index (χ0v) is 14.2. The molecule has 0 atom stereocenters. The third kappa shape index (κ3) is 3.75. The van der Waals surface area contributed by atoms with Gasteiger partial charge in [-0.2, -0.15) is 5.26 Å². The predicted molar refractivity (Wildman–Crippen MR) is 91.1 cm³/mol. The molecule has 22 heavy (non-hydrogen) atoms. The van der Waals surface area contributed by atoms with Crippen LogP contribution in [0.5, 0.6) is 0 Å². The quantitative estimate of drug-likeness (QED) is 0.861. The van der Waals surface area contributed by atoms with Crippen molar-refractivity contribution in [3.05, 3.63) is 56.1 Å². The molecule has 1 N–H and O–H groups in total. The molecule has 2 aromatic rings. The molecular formula is C16H16N2O2S2. The Balaban J connectivity index is 2.35. The highest BCUT2D eigenvalue weighted by atomic mass is 32.2. The Morgan fingerprint density at radius 1 is 1.23 bits per heavy atom. The molecule has 0 fully saturated rings. The van der Waals surface area contributed by atoms with E-state index in [0.29, 0.717) is 5.69 Å². The minimum atomic E-state index is -3.89. The summed E-state index contributed by atoms with van der Waals surface area (Å²) in [5, 5.41) is 9.19. The van der Waals surface area contributed by atoms with Gasteiger partial charge in [0.25, 0.3) is 10.0 Å². The van der Waals surface area contributed by atoms with E-state index in [0.717, 1.165) is 20.9 Å². The van der Waals surface area contributed by atoms with Gasteiger partial charge in [-0.3, -0.25) is 4.72 Å². The zero-order valence-electron chi connectivity index (χ0n) is 12.5. The summed E-state index contributed by atoms with van der Waals surface area (Å²) in [4.78, 5) is 1.50. The first-order valence-corrected chi connectivity index (χ1v) is 8.90. The molecule has 0 aliphatic carbocycles. The van der Waals surface area contributed by atoms with E-state index in [2.05, 4.69) is 4.72 Å². The molecule has 0 aliphatic heterocycles. The van der Waals surface area contributed by atoms with Crippen molar-refractivity contribution in [2.45, 2.75) is 20.8 Å². The van der Waals surface area contributed by atoms with Gasteiger partial charge in [0.2, 0.25) is 0 Å². The lowest BCUT2D eigenvalue weighted by Gasteiger charge is -2.10. The second-order valence-corrected chi connectivity index (χ2v) is 7.96. The van der Waals surface area contributed by atoms with Gasteiger partial charge < -0.3 is 0 Å². The summed E-state index contributed by atoms with van der Waals surface area (Å²) in [6, 6.07) is 10.9. The van der Waals surface area contributed by atoms with Crippen LogP contribution in [0.15, 0.2) is 35.2 Å². The number of nitriles is 1. The minimum Gasteiger partial charge on any atom is -0.279 e. The van der Waals surface area contributed by atoms with E-state index in [4.69, 9.17) is 0 Å². The number of rotatable bonds is 4. The number of sulfonamides is 1. The van der Waals surface area contributed by atoms with Crippen LogP contribution in [0, 0.1) is 32.1 Å². The van der Waals surface area contributed by atoms with Crippen molar-refractivity contribution in [1.82, 2.24) is 0 Å². The zero-order chi connectivity index (χ0) is 16.3. The largest absolute Gasteiger partial charge is 0.279 e. The summed E-state index contributed by atoms with van der Waals surface area (Å²) in [6.45, 7) is 5.69. The highest BCUT2D eigenvalue weighted by molar-refractivity contribution is 7.97. The van der Waals surface area contributed by atoms with Crippen molar-refractivity contribution < 1.29 is 8.42 Å². The Bertz CT molecular complexity index is 872. The molecule has 1 aromatic heterocycles. The van der Waals surface area contributed by atoms with Crippen molar-refractivity contribution in [1.29, 1.82) is 5.26 Å². The number of nitrogens with one attached hydrogen (secondary N) is 1. The Kier molecular flexibility index (Phi) is 4.69. The minimum absolute atomic E-state index is 0.297. The fraction of sp³-hybridized carbons (Fsp3) is 0.188. The average molecular weight is 332 g/mol. The van der Waals surface area contributed by atoms with Gasteiger partial charge in [0.05, 0.1) is 5.69 Å². The SMILES string of the molecule is Cc1ccc(NS(=O)(=O)C(C#N)=Cc2ccc(C)s2)c(C)c1. The van der Waals surface area contributed by atoms with Gasteiger partial charge in [-0.05, 0) is 50.6 Å². The summed E-state index contributed by atoms with van der Waals surface area (Å²) in [6.07, 6.45) is 1.39. The van der Waals surface area contributed by atoms with E-state index in [1.807, 2.05) is 39.0 Å². The molecule has 4 nitrogen and oxygen atoms in total. The van der Waals surface area contributed by atoms with Crippen LogP contribution < -0.4 is 4.72 Å². The molecule has 2 rings (SSSR count). The first kappa shape index (κ1) is 16.3. The Labute approximate surface area is 134 Å². The fourth-order valence-corrected chi connectivity index (χ4v) is 3.88. The van der Waals surface area contributed by atoms with Gasteiger partial charge in [-0.25, -0.2) is 8.42 Å². The summed E-state index contributed by atoms with van der Waals surface area (Å²) in [5.41, 5.74) is 2.34. The molecule has 0 unspecified atom stereocenters. The average Bonchev–Trinajstić information content (AvgIpc) is 2.84. The van der Waals surface area contributed by atoms with Crippen molar-refractivity contribution >= 4 is 33.1 Å². The van der Waals surface area contributed by atoms with Crippen LogP contribution in [-0.4, -0.2) is 8.42 Å². The van der Waals surface area contributed by atoms with Crippen molar-refractivity contribution in [3.8, 4) is 6.07 Å². The smallest absolute Gasteiger partial charge is 0.272 e. The lowest BCUT2D eigenvalue weighted by atomic mass is 10.1. The summed E-state index contributed by atoms with van der Waals surface area (Å²) in [7, 11) is -3.89. The van der Waals surface area contributed by atoms with Gasteiger partial charge in [-0.15, -0.1) is 11.3 Å². The van der Waals surface area contributed by atoms with Crippen LogP contribution in [0.1, 0.15) is 20.9 Å². The number of benzene rings is 1. The Morgan fingerprint density at radius 3 is 2.50 bits per heavy atom. The van der Waals surface area contributed by atoms with Crippen LogP contribution in [0.25, 0.3) is 6.08 Å². The van der Waals surface area contributed by atoms with Crippen LogP contribution in [-0.2, 0) is 10.0 Å². The third-order valence-electron chi connectivity index (χ3n) is 3.06. The van der Waals surface area contributed by atoms with E-state index in [1.54, 1.807) is 18.2 Å². The summed E-state index contributed by atoms with van der Waals surface area (Å²) < 4.78 is 27.2. The van der Waals surface area contributed by atoms with E-state index in [9.17, 15) is 13.7 Å². The molecule has 1 aromatic carbocycles. The molecule has 1 heterocycles. The van der Waals surface area contributed by atoms with E-state index in [1.165, 1.54) is 17.4 Å². The highest BCUT2D eigenvalue weighted by Gasteiger charge is 2.19. The number of thiophene rings is 1. The van der Waals surface area contributed by atoms with E-state index in [-0.39, 0.29) is 4.91 Å². The normalized spacial score (nSPS) is 12.0. The number of aryl methyl sites for hydroxylation is 3. The van der Waals surface area contributed by atoms with Gasteiger partial charge in [0, 0.05) is 9.75 Å². The molecule has 0 bridgehead atoms. The molecular weight excluding hydrogens is 316 g/mol. The molecule has 0 amide bonds. The Morgan fingerprint density at radius 2 is 1.95 bits per heavy atom. The van der Waals surface area contributed by atoms with Gasteiger partial charge >= 0.3 is 0 Å². The molecule has 6 heteroatoms. The maximum Gasteiger partial charge on any atom is 0.272 e. The fourth-order valence-electron chi connectivity index (χ4n) is 1.96. The lowest BCUT2D eigenvalue weighted by Crippen LogP contribution is -2.15. The molecule has 0 aliphatic rings. The summed E-state index contributed by atoms with van der Waals surface area (Å²) in [5.74, 6) is 0. The maximum absolute atomic E-state index is 12.4. The maximum atomic E-state index is 12.4. The van der Waals surface area contributed by atoms with Gasteiger partial charge in [0.1, 0.15) is 6.07 Å². The first-order chi connectivity index (χ1) is 10.3. The number of hydrogen-bond donors (Lipinski definition) is 1. The highest BCUT2D eigenvalue weighted by Crippen LogP contribution is 2.23. The molecule has 0 saturated heterocycles. The van der Waals surface area contributed by atoms with Crippen LogP contribution >= 0.6 is 11.3 Å². The first-order valence-electron chi connectivity index (χ1n) is 6.60. The topological polar surface area (TPSA) is 70.0 Å². The predicted octanol–water partition coefficient (Wildman–Crippen LogP) is 3.98. The number of allylic oxidation sites excluding steroid dienone is 1. The summed E-state index contributed by atoms with van der Waals surface area (Å²) >= 11 is 1.44. The molecule has 114 valence electrons. The monoisotopic (exact) mass is 332 g/mol. The Hall–Kier alpha value is -2.10. The van der Waals surface area contributed by atoms with Gasteiger partial charge in [-0.1, -0.05) is 17.7 Å². The second-order valence-electron chi connectivity index (χ2n) is 4.99. The molecule has 0 spiro atoms. The number of nitrogens with zero attached hydrogens (tertiary/aromatic N) is 1. The van der Waals surface area contributed by atoms with Crippen LogP contribution in [0.4, 0.5) is 5.69 Å². The molecule has 0 radical (unpaired) electrons. The van der Waals surface area contributed by atoms with E-state index >= 15 is 0 Å². The van der Waals surface area contributed by atoms with Crippen molar-refractivity contribution in [2.75, 3.05) is 4.72 Å². The lowest BCUT2D eigenvalue weighted by molar-refractivity contribution is 0.608. The third-order valence-corrected chi connectivity index (χ3v) is 5.28. The second kappa shape index (κ2) is 6.34. The van der Waals surface area contributed by atoms with Gasteiger partial charge in [0.15, 0.2) is 4.91 Å². The number of hydrogen-bond acceptors (Lipinski definition) is 4.